The van der Waals surface area contributed by atoms with Crippen molar-refractivity contribution in [3.63, 3.8) is 0 Å². The molecule has 6 nitrogen and oxygen atoms in total. The van der Waals surface area contributed by atoms with Gasteiger partial charge in [-0.1, -0.05) is 25.7 Å². The summed E-state index contributed by atoms with van der Waals surface area (Å²) in [4.78, 5) is 11.7. The molecule has 0 aromatic carbocycles. The zero-order valence-corrected chi connectivity index (χ0v) is 10.1. The van der Waals surface area contributed by atoms with Gasteiger partial charge in [0.05, 0.1) is 12.6 Å². The van der Waals surface area contributed by atoms with E-state index in [1.807, 2.05) is 0 Å². The van der Waals surface area contributed by atoms with Crippen LogP contribution in [0.3, 0.4) is 0 Å². The van der Waals surface area contributed by atoms with Crippen molar-refractivity contribution in [3.8, 4) is 0 Å². The van der Waals surface area contributed by atoms with Crippen LogP contribution in [0.15, 0.2) is 0 Å². The number of hydrogen-bond acceptors (Lipinski definition) is 5. The van der Waals surface area contributed by atoms with E-state index < -0.39 is 5.97 Å². The van der Waals surface area contributed by atoms with E-state index in [1.54, 1.807) is 11.6 Å². The molecule has 1 heterocycles. The third-order valence-electron chi connectivity index (χ3n) is 3.12. The normalized spacial score (nSPS) is 17.7. The summed E-state index contributed by atoms with van der Waals surface area (Å²) in [6.45, 7) is 2.12. The fourth-order valence-electron chi connectivity index (χ4n) is 2.27. The first-order valence-electron chi connectivity index (χ1n) is 6.28. The molecule has 0 spiro atoms. The Morgan fingerprint density at radius 1 is 1.35 bits per heavy atom. The minimum absolute atomic E-state index is 0.235. The average molecular weight is 238 g/mol. The van der Waals surface area contributed by atoms with E-state index in [9.17, 15) is 4.79 Å². The van der Waals surface area contributed by atoms with Crippen molar-refractivity contribution in [1.29, 1.82) is 0 Å². The molecular formula is C11H18N4O2. The van der Waals surface area contributed by atoms with E-state index in [0.717, 1.165) is 12.8 Å². The van der Waals surface area contributed by atoms with Gasteiger partial charge in [0.25, 0.3) is 5.82 Å². The lowest BCUT2D eigenvalue weighted by Gasteiger charge is -2.14. The zero-order chi connectivity index (χ0) is 12.1. The Morgan fingerprint density at radius 3 is 2.71 bits per heavy atom. The van der Waals surface area contributed by atoms with Crippen molar-refractivity contribution in [2.75, 3.05) is 6.61 Å². The van der Waals surface area contributed by atoms with E-state index >= 15 is 0 Å². The molecule has 1 aliphatic rings. The summed E-state index contributed by atoms with van der Waals surface area (Å²) < 4.78 is 6.59. The predicted octanol–water partition coefficient (Wildman–Crippen LogP) is 1.75. The van der Waals surface area contributed by atoms with E-state index in [-0.39, 0.29) is 11.9 Å². The monoisotopic (exact) mass is 238 g/mol. The number of rotatable bonds is 3. The van der Waals surface area contributed by atoms with Gasteiger partial charge < -0.3 is 4.74 Å². The molecule has 1 fully saturated rings. The molecule has 2 rings (SSSR count). The highest BCUT2D eigenvalue weighted by molar-refractivity contribution is 5.85. The van der Waals surface area contributed by atoms with Gasteiger partial charge in [0.2, 0.25) is 0 Å². The van der Waals surface area contributed by atoms with Crippen molar-refractivity contribution in [1.82, 2.24) is 20.2 Å². The summed E-state index contributed by atoms with van der Waals surface area (Å²) in [7, 11) is 0. The Hall–Kier alpha value is -1.46. The van der Waals surface area contributed by atoms with Gasteiger partial charge in [-0.15, -0.1) is 5.10 Å². The SMILES string of the molecule is CCOC(=O)c1nnnn1C1CCCCCC1. The largest absolute Gasteiger partial charge is 0.460 e. The number of aromatic nitrogens is 4. The van der Waals surface area contributed by atoms with Crippen molar-refractivity contribution < 1.29 is 9.53 Å². The van der Waals surface area contributed by atoms with E-state index in [1.165, 1.54) is 25.7 Å². The molecule has 0 bridgehead atoms. The third kappa shape index (κ3) is 2.81. The second-order valence-corrected chi connectivity index (χ2v) is 4.31. The molecule has 0 N–H and O–H groups in total. The predicted molar refractivity (Wildman–Crippen MR) is 60.5 cm³/mol. The summed E-state index contributed by atoms with van der Waals surface area (Å²) in [5.41, 5.74) is 0. The quantitative estimate of drug-likeness (QED) is 0.592. The summed E-state index contributed by atoms with van der Waals surface area (Å²) in [6, 6.07) is 0.243. The van der Waals surface area contributed by atoms with Crippen LogP contribution in [0.1, 0.15) is 62.1 Å². The first kappa shape index (κ1) is 12.0. The number of esters is 1. The molecule has 0 radical (unpaired) electrons. The number of carbonyl (C=O) groups is 1. The van der Waals surface area contributed by atoms with Gasteiger partial charge in [0, 0.05) is 0 Å². The first-order chi connectivity index (χ1) is 8.33. The van der Waals surface area contributed by atoms with Gasteiger partial charge >= 0.3 is 5.97 Å². The smallest absolute Gasteiger partial charge is 0.378 e. The average Bonchev–Trinajstić information content (AvgIpc) is 2.65. The highest BCUT2D eigenvalue weighted by Gasteiger charge is 2.23. The van der Waals surface area contributed by atoms with Gasteiger partial charge in [0.1, 0.15) is 0 Å². The molecule has 1 saturated carbocycles. The summed E-state index contributed by atoms with van der Waals surface area (Å²) in [5, 5.41) is 11.3. The van der Waals surface area contributed by atoms with Crippen LogP contribution in [0.25, 0.3) is 0 Å². The Balaban J connectivity index is 2.14. The van der Waals surface area contributed by atoms with Crippen LogP contribution in [0, 0.1) is 0 Å². The molecule has 1 aliphatic carbocycles. The van der Waals surface area contributed by atoms with Crippen molar-refractivity contribution in [2.45, 2.75) is 51.5 Å². The van der Waals surface area contributed by atoms with Gasteiger partial charge in [-0.3, -0.25) is 0 Å². The van der Waals surface area contributed by atoms with Gasteiger partial charge in [-0.2, -0.15) is 0 Å². The molecule has 0 saturated heterocycles. The highest BCUT2D eigenvalue weighted by atomic mass is 16.5. The van der Waals surface area contributed by atoms with Crippen LogP contribution in [0.5, 0.6) is 0 Å². The van der Waals surface area contributed by atoms with E-state index in [4.69, 9.17) is 4.74 Å². The number of hydrogen-bond donors (Lipinski definition) is 0. The molecule has 0 atom stereocenters. The van der Waals surface area contributed by atoms with Crippen molar-refractivity contribution >= 4 is 5.97 Å². The molecule has 17 heavy (non-hydrogen) atoms. The summed E-state index contributed by atoms with van der Waals surface area (Å²) in [5.74, 6) is -0.194. The molecule has 0 unspecified atom stereocenters. The van der Waals surface area contributed by atoms with E-state index in [2.05, 4.69) is 15.5 Å². The van der Waals surface area contributed by atoms with Crippen molar-refractivity contribution in [2.24, 2.45) is 0 Å². The minimum atomic E-state index is -0.429. The van der Waals surface area contributed by atoms with Gasteiger partial charge in [0.15, 0.2) is 0 Å². The number of nitrogens with zero attached hydrogens (tertiary/aromatic N) is 4. The number of carbonyl (C=O) groups excluding carboxylic acids is 1. The number of tetrazole rings is 1. The third-order valence-corrected chi connectivity index (χ3v) is 3.12. The number of ether oxygens (including phenoxy) is 1. The second-order valence-electron chi connectivity index (χ2n) is 4.31. The Labute approximate surface area is 100 Å². The summed E-state index contributed by atoms with van der Waals surface area (Å²) >= 11 is 0. The standard InChI is InChI=1S/C11H18N4O2/c1-2-17-11(16)10-12-13-14-15(10)9-7-5-3-4-6-8-9/h9H,2-8H2,1H3. The van der Waals surface area contributed by atoms with Gasteiger partial charge in [-0.25, -0.2) is 9.48 Å². The van der Waals surface area contributed by atoms with Crippen LogP contribution in [-0.4, -0.2) is 32.8 Å². The van der Waals surface area contributed by atoms with Gasteiger partial charge in [-0.05, 0) is 30.2 Å². The van der Waals surface area contributed by atoms with Crippen LogP contribution in [0.2, 0.25) is 0 Å². The topological polar surface area (TPSA) is 69.9 Å². The highest BCUT2D eigenvalue weighted by Crippen LogP contribution is 2.26. The molecule has 1 aromatic heterocycles. The molecular weight excluding hydrogens is 220 g/mol. The maximum absolute atomic E-state index is 11.7. The van der Waals surface area contributed by atoms with Crippen LogP contribution in [0.4, 0.5) is 0 Å². The molecule has 94 valence electrons. The van der Waals surface area contributed by atoms with Crippen molar-refractivity contribution in [3.05, 3.63) is 5.82 Å². The summed E-state index contributed by atoms with van der Waals surface area (Å²) in [6.07, 6.45) is 6.94. The Bertz CT molecular complexity index is 369. The lowest BCUT2D eigenvalue weighted by atomic mass is 10.1. The maximum atomic E-state index is 11.7. The molecule has 1 aromatic rings. The molecule has 0 aliphatic heterocycles. The van der Waals surface area contributed by atoms with Crippen LogP contribution >= 0.6 is 0 Å². The maximum Gasteiger partial charge on any atom is 0.378 e. The van der Waals surface area contributed by atoms with E-state index in [0.29, 0.717) is 6.61 Å². The molecule has 0 amide bonds. The van der Waals surface area contributed by atoms with Crippen LogP contribution in [-0.2, 0) is 4.74 Å². The minimum Gasteiger partial charge on any atom is -0.460 e. The lowest BCUT2D eigenvalue weighted by Crippen LogP contribution is -2.19. The first-order valence-corrected chi connectivity index (χ1v) is 6.28. The molecule has 6 heteroatoms. The fourth-order valence-corrected chi connectivity index (χ4v) is 2.27. The Morgan fingerprint density at radius 2 is 2.06 bits per heavy atom. The Kier molecular flexibility index (Phi) is 4.06. The fraction of sp³-hybridized carbons (Fsp3) is 0.818. The second kappa shape index (κ2) is 5.75. The lowest BCUT2D eigenvalue weighted by molar-refractivity contribution is 0.0500. The van der Waals surface area contributed by atoms with Crippen LogP contribution < -0.4 is 0 Å². The zero-order valence-electron chi connectivity index (χ0n) is 10.1.